The molecule has 0 atom stereocenters. The Hall–Kier alpha value is 0.660. The molecule has 0 aliphatic carbocycles. The summed E-state index contributed by atoms with van der Waals surface area (Å²) in [7, 11) is 0. The molecule has 0 aromatic carbocycles. The van der Waals surface area contributed by atoms with Gasteiger partial charge in [0.25, 0.3) is 0 Å². The third-order valence-corrected chi connectivity index (χ3v) is 0.386. The minimum absolute atomic E-state index is 1.63. The van der Waals surface area contributed by atoms with Crippen molar-refractivity contribution in [3.63, 3.8) is 0 Å². The SMILES string of the molecule is O=NC(Cl)(Cl)Br. The van der Waals surface area contributed by atoms with Crippen LogP contribution in [0, 0.1) is 4.91 Å². The van der Waals surface area contributed by atoms with E-state index in [2.05, 4.69) is 21.1 Å². The van der Waals surface area contributed by atoms with E-state index in [9.17, 15) is 4.91 Å². The molecule has 0 radical (unpaired) electrons. The van der Waals surface area contributed by atoms with Gasteiger partial charge in [-0.05, 0) is 21.1 Å². The lowest BCUT2D eigenvalue weighted by Gasteiger charge is -1.92. The van der Waals surface area contributed by atoms with Gasteiger partial charge in [0.1, 0.15) is 0 Å². The van der Waals surface area contributed by atoms with Crippen molar-refractivity contribution in [3.05, 3.63) is 4.91 Å². The van der Waals surface area contributed by atoms with Crippen LogP contribution in [0.5, 0.6) is 0 Å². The molecule has 0 unspecified atom stereocenters. The zero-order valence-electron chi connectivity index (χ0n) is 2.49. The van der Waals surface area contributed by atoms with Gasteiger partial charge in [-0.2, -0.15) is 0 Å². The van der Waals surface area contributed by atoms with E-state index in [1.807, 2.05) is 0 Å². The summed E-state index contributed by atoms with van der Waals surface area (Å²) >= 11 is 12.4. The summed E-state index contributed by atoms with van der Waals surface area (Å²) in [4.78, 5) is 9.27. The third-order valence-electron chi connectivity index (χ3n) is 0.104. The standard InChI is InChI=1S/CBrCl2NO/c2-1(3,4)5-6. The van der Waals surface area contributed by atoms with Gasteiger partial charge in [-0.15, -0.1) is 4.91 Å². The van der Waals surface area contributed by atoms with E-state index in [1.54, 1.807) is 0 Å². The lowest BCUT2D eigenvalue weighted by Crippen LogP contribution is -1.89. The summed E-state index contributed by atoms with van der Waals surface area (Å²) in [5.74, 6) is 0. The van der Waals surface area contributed by atoms with Gasteiger partial charge in [-0.25, -0.2) is 0 Å². The molecule has 5 heteroatoms. The number of halogens is 3. The lowest BCUT2D eigenvalue weighted by atomic mass is 11.5. The van der Waals surface area contributed by atoms with E-state index in [4.69, 9.17) is 23.2 Å². The first-order valence-corrected chi connectivity index (χ1v) is 2.52. The highest BCUT2D eigenvalue weighted by Gasteiger charge is 2.17. The third kappa shape index (κ3) is 4.66. The van der Waals surface area contributed by atoms with Crippen LogP contribution in [0.15, 0.2) is 5.18 Å². The Balaban J connectivity index is 3.45. The van der Waals surface area contributed by atoms with E-state index >= 15 is 0 Å². The predicted molar refractivity (Wildman–Crippen MR) is 29.2 cm³/mol. The van der Waals surface area contributed by atoms with Crippen LogP contribution in [-0.2, 0) is 0 Å². The Bertz CT molecular complexity index is 59.1. The first-order chi connectivity index (χ1) is 2.56. The summed E-state index contributed by atoms with van der Waals surface area (Å²) in [6.45, 7) is 0. The first-order valence-electron chi connectivity index (χ1n) is 0.973. The van der Waals surface area contributed by atoms with Gasteiger partial charge in [-0.3, -0.25) is 0 Å². The van der Waals surface area contributed by atoms with Crippen molar-refractivity contribution < 1.29 is 0 Å². The molecule has 36 valence electrons. The monoisotopic (exact) mass is 191 g/mol. The molecule has 6 heavy (non-hydrogen) atoms. The summed E-state index contributed by atoms with van der Waals surface area (Å²) in [6.07, 6.45) is 0. The fourth-order valence-electron chi connectivity index (χ4n) is 0. The molecule has 0 saturated carbocycles. The van der Waals surface area contributed by atoms with Gasteiger partial charge in [0.05, 0.1) is 0 Å². The van der Waals surface area contributed by atoms with Crippen molar-refractivity contribution >= 4 is 39.1 Å². The molecule has 0 bridgehead atoms. The molecule has 0 saturated heterocycles. The Morgan fingerprint density at radius 2 is 1.83 bits per heavy atom. The molecular formula is CBrCl2NO. The van der Waals surface area contributed by atoms with Crippen LogP contribution >= 0.6 is 39.1 Å². The highest BCUT2D eigenvalue weighted by atomic mass is 79.9. The molecular weight excluding hydrogens is 193 g/mol. The minimum atomic E-state index is -1.63. The largest absolute Gasteiger partial charge is 0.303 e. The second-order valence-corrected chi connectivity index (χ2v) is 3.91. The number of nitrogens with zero attached hydrogens (tertiary/aromatic N) is 1. The normalized spacial score (nSPS) is 11.2. The number of hydrogen-bond donors (Lipinski definition) is 0. The Morgan fingerprint density at radius 1 is 1.67 bits per heavy atom. The van der Waals surface area contributed by atoms with Crippen molar-refractivity contribution in [2.45, 2.75) is 3.37 Å². The highest BCUT2D eigenvalue weighted by Crippen LogP contribution is 2.28. The molecule has 0 fully saturated rings. The minimum Gasteiger partial charge on any atom is -0.147 e. The zero-order chi connectivity index (χ0) is 5.21. The predicted octanol–water partition coefficient (Wildman–Crippen LogP) is 2.24. The maximum atomic E-state index is 9.27. The van der Waals surface area contributed by atoms with Crippen LogP contribution in [0.4, 0.5) is 0 Å². The molecule has 0 spiro atoms. The van der Waals surface area contributed by atoms with Gasteiger partial charge in [0.15, 0.2) is 0 Å². The van der Waals surface area contributed by atoms with E-state index in [0.717, 1.165) is 0 Å². The average molecular weight is 193 g/mol. The second kappa shape index (κ2) is 2.09. The molecule has 0 heterocycles. The van der Waals surface area contributed by atoms with Crippen LogP contribution in [0.25, 0.3) is 0 Å². The number of hydrogen-bond acceptors (Lipinski definition) is 2. The van der Waals surface area contributed by atoms with Gasteiger partial charge in [-0.1, -0.05) is 23.2 Å². The number of alkyl halides is 3. The number of nitroso groups, excluding NO2 is 1. The topological polar surface area (TPSA) is 29.4 Å². The second-order valence-electron chi connectivity index (χ2n) is 0.559. The van der Waals surface area contributed by atoms with Gasteiger partial charge >= 0.3 is 3.37 Å². The maximum Gasteiger partial charge on any atom is 0.303 e. The fourth-order valence-corrected chi connectivity index (χ4v) is 0. The highest BCUT2D eigenvalue weighted by molar-refractivity contribution is 9.11. The van der Waals surface area contributed by atoms with Crippen LogP contribution in [0.1, 0.15) is 0 Å². The lowest BCUT2D eigenvalue weighted by molar-refractivity contribution is 1.19. The molecule has 0 aromatic heterocycles. The average Bonchev–Trinajstić information content (AvgIpc) is 1.35. The number of rotatable bonds is 1. The van der Waals surface area contributed by atoms with Crippen molar-refractivity contribution in [2.24, 2.45) is 5.18 Å². The zero-order valence-corrected chi connectivity index (χ0v) is 5.59. The Kier molecular flexibility index (Phi) is 2.33. The van der Waals surface area contributed by atoms with Crippen LogP contribution in [0.3, 0.4) is 0 Å². The molecule has 0 N–H and O–H groups in total. The molecule has 2 nitrogen and oxygen atoms in total. The summed E-state index contributed by atoms with van der Waals surface area (Å²) in [6, 6.07) is 0. The maximum absolute atomic E-state index is 9.27. The van der Waals surface area contributed by atoms with Gasteiger partial charge in [0, 0.05) is 0 Å². The first kappa shape index (κ1) is 6.66. The Labute approximate surface area is 52.9 Å². The van der Waals surface area contributed by atoms with E-state index in [-0.39, 0.29) is 0 Å². The Morgan fingerprint density at radius 3 is 1.83 bits per heavy atom. The smallest absolute Gasteiger partial charge is 0.147 e. The van der Waals surface area contributed by atoms with Gasteiger partial charge < -0.3 is 0 Å². The summed E-state index contributed by atoms with van der Waals surface area (Å²) in [5.41, 5.74) is 0. The van der Waals surface area contributed by atoms with Crippen molar-refractivity contribution in [3.8, 4) is 0 Å². The van der Waals surface area contributed by atoms with E-state index < -0.39 is 3.37 Å². The molecule has 0 aliphatic heterocycles. The summed E-state index contributed by atoms with van der Waals surface area (Å²) < 4.78 is -1.63. The quantitative estimate of drug-likeness (QED) is 0.356. The van der Waals surface area contributed by atoms with E-state index in [1.165, 1.54) is 0 Å². The van der Waals surface area contributed by atoms with Crippen molar-refractivity contribution in [1.82, 2.24) is 0 Å². The van der Waals surface area contributed by atoms with Crippen LogP contribution in [0.2, 0.25) is 0 Å². The molecule has 0 amide bonds. The fraction of sp³-hybridized carbons (Fsp3) is 1.00. The van der Waals surface area contributed by atoms with Crippen LogP contribution < -0.4 is 0 Å². The molecule has 0 aliphatic rings. The van der Waals surface area contributed by atoms with Crippen LogP contribution in [-0.4, -0.2) is 3.37 Å². The van der Waals surface area contributed by atoms with Crippen molar-refractivity contribution in [1.29, 1.82) is 0 Å². The van der Waals surface area contributed by atoms with E-state index in [0.29, 0.717) is 0 Å². The molecule has 0 aromatic rings. The summed E-state index contributed by atoms with van der Waals surface area (Å²) in [5, 5.41) is 2.22. The molecule has 0 rings (SSSR count). The van der Waals surface area contributed by atoms with Gasteiger partial charge in [0.2, 0.25) is 0 Å². The van der Waals surface area contributed by atoms with Crippen molar-refractivity contribution in [2.75, 3.05) is 0 Å².